The van der Waals surface area contributed by atoms with Crippen LogP contribution in [0.2, 0.25) is 0 Å². The molecule has 7 heteroatoms. The Morgan fingerprint density at radius 2 is 1.50 bits per heavy atom. The third-order valence-corrected chi connectivity index (χ3v) is 7.19. The van der Waals surface area contributed by atoms with Gasteiger partial charge >= 0.3 is 0 Å². The van der Waals surface area contributed by atoms with Gasteiger partial charge in [0.25, 0.3) is 15.9 Å². The second kappa shape index (κ2) is 10.3. The summed E-state index contributed by atoms with van der Waals surface area (Å²) in [5.41, 5.74) is 2.97. The molecule has 6 nitrogen and oxygen atoms in total. The van der Waals surface area contributed by atoms with E-state index < -0.39 is 10.0 Å². The zero-order valence-corrected chi connectivity index (χ0v) is 19.5. The van der Waals surface area contributed by atoms with Gasteiger partial charge in [-0.05, 0) is 61.9 Å². The number of rotatable bonds is 9. The molecule has 0 aromatic heterocycles. The van der Waals surface area contributed by atoms with E-state index in [1.807, 2.05) is 12.1 Å². The third kappa shape index (κ3) is 5.29. The minimum atomic E-state index is -3.71. The van der Waals surface area contributed by atoms with Crippen LogP contribution in [-0.4, -0.2) is 34.5 Å². The SMILES string of the molecule is CCN(CC)c1ccc(CNC(=O)c2cccc(N(C)S(=O)(=O)c3ccccc3)c2)cc1. The Hall–Kier alpha value is -3.32. The van der Waals surface area contributed by atoms with Crippen LogP contribution in [0, 0.1) is 0 Å². The highest BCUT2D eigenvalue weighted by Crippen LogP contribution is 2.23. The zero-order chi connectivity index (χ0) is 23.1. The number of benzene rings is 3. The summed E-state index contributed by atoms with van der Waals surface area (Å²) in [6.07, 6.45) is 0. The largest absolute Gasteiger partial charge is 0.372 e. The van der Waals surface area contributed by atoms with E-state index in [9.17, 15) is 13.2 Å². The fourth-order valence-corrected chi connectivity index (χ4v) is 4.64. The number of carbonyl (C=O) groups excluding carboxylic acids is 1. The first-order valence-electron chi connectivity index (χ1n) is 10.6. The Kier molecular flexibility index (Phi) is 7.53. The Morgan fingerprint density at radius 3 is 2.12 bits per heavy atom. The molecule has 0 heterocycles. The number of carbonyl (C=O) groups is 1. The first kappa shape index (κ1) is 23.3. The number of nitrogens with zero attached hydrogens (tertiary/aromatic N) is 2. The molecule has 0 spiro atoms. The maximum Gasteiger partial charge on any atom is 0.264 e. The van der Waals surface area contributed by atoms with Gasteiger partial charge in [-0.1, -0.05) is 36.4 Å². The number of sulfonamides is 1. The molecule has 0 aliphatic heterocycles. The maximum atomic E-state index is 12.9. The second-order valence-electron chi connectivity index (χ2n) is 7.36. The summed E-state index contributed by atoms with van der Waals surface area (Å²) in [5, 5.41) is 2.91. The lowest BCUT2D eigenvalue weighted by molar-refractivity contribution is 0.0951. The minimum absolute atomic E-state index is 0.200. The van der Waals surface area contributed by atoms with E-state index >= 15 is 0 Å². The van der Waals surface area contributed by atoms with E-state index in [1.54, 1.807) is 54.6 Å². The summed E-state index contributed by atoms with van der Waals surface area (Å²) in [6.45, 7) is 6.51. The maximum absolute atomic E-state index is 12.9. The lowest BCUT2D eigenvalue weighted by Crippen LogP contribution is -2.27. The molecule has 1 N–H and O–H groups in total. The number of nitrogens with one attached hydrogen (secondary N) is 1. The standard InChI is InChI=1S/C25H29N3O3S/c1-4-28(5-2)22-16-14-20(15-17-22)19-26-25(29)21-10-9-11-23(18-21)27(3)32(30,31)24-12-7-6-8-13-24/h6-18H,4-5,19H2,1-3H3,(H,26,29). The quantitative estimate of drug-likeness (QED) is 0.527. The zero-order valence-electron chi connectivity index (χ0n) is 18.7. The van der Waals surface area contributed by atoms with Gasteiger partial charge in [-0.25, -0.2) is 8.42 Å². The van der Waals surface area contributed by atoms with Crippen LogP contribution in [0.3, 0.4) is 0 Å². The molecule has 0 bridgehead atoms. The summed E-state index contributed by atoms with van der Waals surface area (Å²) in [6, 6.07) is 22.9. The third-order valence-electron chi connectivity index (χ3n) is 5.39. The van der Waals surface area contributed by atoms with Gasteiger partial charge in [-0.3, -0.25) is 9.10 Å². The topological polar surface area (TPSA) is 69.7 Å². The van der Waals surface area contributed by atoms with Crippen LogP contribution in [0.15, 0.2) is 83.8 Å². The van der Waals surface area contributed by atoms with Gasteiger partial charge < -0.3 is 10.2 Å². The normalized spacial score (nSPS) is 11.1. The van der Waals surface area contributed by atoms with Crippen molar-refractivity contribution in [1.29, 1.82) is 0 Å². The first-order chi connectivity index (χ1) is 15.4. The molecule has 0 radical (unpaired) electrons. The molecule has 0 atom stereocenters. The number of anilines is 2. The molecule has 0 saturated heterocycles. The monoisotopic (exact) mass is 451 g/mol. The Labute approximate surface area is 190 Å². The summed E-state index contributed by atoms with van der Waals surface area (Å²) in [7, 11) is -2.22. The fraction of sp³-hybridized carbons (Fsp3) is 0.240. The van der Waals surface area contributed by atoms with Crippen molar-refractivity contribution in [2.24, 2.45) is 0 Å². The molecule has 0 aliphatic carbocycles. The van der Waals surface area contributed by atoms with Gasteiger partial charge in [-0.15, -0.1) is 0 Å². The Morgan fingerprint density at radius 1 is 0.844 bits per heavy atom. The van der Waals surface area contributed by atoms with E-state index in [1.165, 1.54) is 11.4 Å². The fourth-order valence-electron chi connectivity index (χ4n) is 3.43. The Balaban J connectivity index is 1.69. The predicted molar refractivity (Wildman–Crippen MR) is 130 cm³/mol. The number of amides is 1. The predicted octanol–water partition coefficient (Wildman–Crippen LogP) is 4.29. The van der Waals surface area contributed by atoms with Crippen LogP contribution in [0.4, 0.5) is 11.4 Å². The van der Waals surface area contributed by atoms with Crippen LogP contribution in [-0.2, 0) is 16.6 Å². The van der Waals surface area contributed by atoms with Crippen LogP contribution >= 0.6 is 0 Å². The van der Waals surface area contributed by atoms with Crippen LogP contribution in [0.25, 0.3) is 0 Å². The molecule has 3 aromatic carbocycles. The molecule has 0 unspecified atom stereocenters. The van der Waals surface area contributed by atoms with Crippen LogP contribution in [0.5, 0.6) is 0 Å². The van der Waals surface area contributed by atoms with Crippen molar-refractivity contribution >= 4 is 27.3 Å². The van der Waals surface area contributed by atoms with Crippen LogP contribution in [0.1, 0.15) is 29.8 Å². The average Bonchev–Trinajstić information content (AvgIpc) is 2.84. The molecular weight excluding hydrogens is 422 g/mol. The van der Waals surface area contributed by atoms with Gasteiger partial charge in [0, 0.05) is 37.9 Å². The molecule has 0 aliphatic rings. The first-order valence-corrected chi connectivity index (χ1v) is 12.1. The van der Waals surface area contributed by atoms with E-state index in [0.717, 1.165) is 24.3 Å². The minimum Gasteiger partial charge on any atom is -0.372 e. The lowest BCUT2D eigenvalue weighted by atomic mass is 10.1. The summed E-state index contributed by atoms with van der Waals surface area (Å²) < 4.78 is 26.9. The molecule has 3 rings (SSSR count). The van der Waals surface area contributed by atoms with Crippen molar-refractivity contribution in [2.45, 2.75) is 25.3 Å². The smallest absolute Gasteiger partial charge is 0.264 e. The van der Waals surface area contributed by atoms with Crippen molar-refractivity contribution in [3.63, 3.8) is 0 Å². The van der Waals surface area contributed by atoms with E-state index in [-0.39, 0.29) is 10.8 Å². The highest BCUT2D eigenvalue weighted by atomic mass is 32.2. The molecule has 168 valence electrons. The second-order valence-corrected chi connectivity index (χ2v) is 9.33. The summed E-state index contributed by atoms with van der Waals surface area (Å²) >= 11 is 0. The molecule has 32 heavy (non-hydrogen) atoms. The lowest BCUT2D eigenvalue weighted by Gasteiger charge is -2.21. The molecule has 0 saturated carbocycles. The van der Waals surface area contributed by atoms with Gasteiger partial charge in [-0.2, -0.15) is 0 Å². The van der Waals surface area contributed by atoms with E-state index in [0.29, 0.717) is 17.8 Å². The van der Waals surface area contributed by atoms with Crippen LogP contribution < -0.4 is 14.5 Å². The van der Waals surface area contributed by atoms with Crippen molar-refractivity contribution in [2.75, 3.05) is 29.3 Å². The highest BCUT2D eigenvalue weighted by molar-refractivity contribution is 7.92. The van der Waals surface area contributed by atoms with Gasteiger partial charge in [0.1, 0.15) is 0 Å². The van der Waals surface area contributed by atoms with E-state index in [2.05, 4.69) is 36.2 Å². The highest BCUT2D eigenvalue weighted by Gasteiger charge is 2.21. The number of hydrogen-bond donors (Lipinski definition) is 1. The van der Waals surface area contributed by atoms with Crippen molar-refractivity contribution < 1.29 is 13.2 Å². The number of hydrogen-bond acceptors (Lipinski definition) is 4. The van der Waals surface area contributed by atoms with Gasteiger partial charge in [0.2, 0.25) is 0 Å². The van der Waals surface area contributed by atoms with Crippen molar-refractivity contribution in [1.82, 2.24) is 5.32 Å². The summed E-state index contributed by atoms with van der Waals surface area (Å²) in [4.78, 5) is 15.2. The summed E-state index contributed by atoms with van der Waals surface area (Å²) in [5.74, 6) is -0.259. The molecule has 0 fully saturated rings. The molecular formula is C25H29N3O3S. The van der Waals surface area contributed by atoms with E-state index in [4.69, 9.17) is 0 Å². The van der Waals surface area contributed by atoms with Crippen molar-refractivity contribution in [3.8, 4) is 0 Å². The van der Waals surface area contributed by atoms with Crippen molar-refractivity contribution in [3.05, 3.63) is 90.0 Å². The Bertz CT molecular complexity index is 1140. The molecule has 1 amide bonds. The van der Waals surface area contributed by atoms with Gasteiger partial charge in [0.05, 0.1) is 10.6 Å². The molecule has 3 aromatic rings. The van der Waals surface area contributed by atoms with Gasteiger partial charge in [0.15, 0.2) is 0 Å². The average molecular weight is 452 g/mol.